The van der Waals surface area contributed by atoms with Crippen LogP contribution in [0.5, 0.6) is 0 Å². The van der Waals surface area contributed by atoms with Crippen LogP contribution in [0, 0.1) is 0 Å². The molecule has 2 nitrogen and oxygen atoms in total. The van der Waals surface area contributed by atoms with Crippen molar-refractivity contribution in [2.24, 2.45) is 0 Å². The van der Waals surface area contributed by atoms with Gasteiger partial charge in [0.15, 0.2) is 0 Å². The molecule has 0 unspecified atom stereocenters. The monoisotopic (exact) mass is 165 g/mol. The zero-order valence-corrected chi connectivity index (χ0v) is 7.16. The third kappa shape index (κ3) is 2.86. The Bertz CT molecular complexity index is 81.7. The Morgan fingerprint density at radius 1 is 1.20 bits per heavy atom. The zero-order valence-electron chi connectivity index (χ0n) is 6.34. The average Bonchev–Trinajstić information content (AvgIpc) is 1.90. The third-order valence-electron chi connectivity index (χ3n) is 2.10. The molecular formula is C7H16ClNO. The topological polar surface area (TPSA) is 32.3 Å². The average molecular weight is 166 g/mol. The van der Waals surface area contributed by atoms with Crippen molar-refractivity contribution < 1.29 is 5.11 Å². The molecule has 2 N–H and O–H groups in total. The Labute approximate surface area is 68.4 Å². The van der Waals surface area contributed by atoms with Crippen LogP contribution in [0.1, 0.15) is 25.7 Å². The minimum absolute atomic E-state index is 0. The molecule has 0 bridgehead atoms. The van der Waals surface area contributed by atoms with Crippen molar-refractivity contribution in [3.63, 3.8) is 0 Å². The van der Waals surface area contributed by atoms with Gasteiger partial charge < -0.3 is 10.4 Å². The molecule has 1 aliphatic rings. The summed E-state index contributed by atoms with van der Waals surface area (Å²) >= 11 is 0. The molecule has 1 fully saturated rings. The minimum Gasteiger partial charge on any atom is -0.393 e. The van der Waals surface area contributed by atoms with Gasteiger partial charge in [0, 0.05) is 6.04 Å². The molecule has 1 rings (SSSR count). The zero-order chi connectivity index (χ0) is 6.69. The molecule has 0 aromatic rings. The maximum absolute atomic E-state index is 9.09. The molecule has 10 heavy (non-hydrogen) atoms. The van der Waals surface area contributed by atoms with Gasteiger partial charge in [-0.1, -0.05) is 0 Å². The standard InChI is InChI=1S/C7H15NO.ClH/c1-8-6-2-4-7(9)5-3-6;/h6-9H,2-5H2,1H3;1H. The molecular weight excluding hydrogens is 150 g/mol. The molecule has 0 heterocycles. The quantitative estimate of drug-likeness (QED) is 0.606. The molecule has 0 saturated heterocycles. The van der Waals surface area contributed by atoms with Crippen LogP contribution >= 0.6 is 12.4 Å². The van der Waals surface area contributed by atoms with Gasteiger partial charge >= 0.3 is 0 Å². The van der Waals surface area contributed by atoms with Crippen molar-refractivity contribution in [3.05, 3.63) is 0 Å². The van der Waals surface area contributed by atoms with Crippen molar-refractivity contribution in [1.29, 1.82) is 0 Å². The highest BCUT2D eigenvalue weighted by Gasteiger charge is 2.16. The first-order valence-corrected chi connectivity index (χ1v) is 3.68. The van der Waals surface area contributed by atoms with Crippen LogP contribution in [0.3, 0.4) is 0 Å². The van der Waals surface area contributed by atoms with Gasteiger partial charge in [-0.25, -0.2) is 0 Å². The second-order valence-corrected chi connectivity index (χ2v) is 2.79. The highest BCUT2D eigenvalue weighted by molar-refractivity contribution is 5.85. The summed E-state index contributed by atoms with van der Waals surface area (Å²) in [5.74, 6) is 0. The molecule has 0 aromatic carbocycles. The van der Waals surface area contributed by atoms with Gasteiger partial charge in [-0.2, -0.15) is 0 Å². The second-order valence-electron chi connectivity index (χ2n) is 2.79. The van der Waals surface area contributed by atoms with Crippen molar-refractivity contribution in [1.82, 2.24) is 5.32 Å². The number of hydrogen-bond acceptors (Lipinski definition) is 2. The van der Waals surface area contributed by atoms with Gasteiger partial charge in [0.1, 0.15) is 0 Å². The van der Waals surface area contributed by atoms with Crippen molar-refractivity contribution >= 4 is 12.4 Å². The summed E-state index contributed by atoms with van der Waals surface area (Å²) in [7, 11) is 1.99. The molecule has 62 valence electrons. The maximum atomic E-state index is 9.09. The first-order chi connectivity index (χ1) is 4.33. The van der Waals surface area contributed by atoms with E-state index < -0.39 is 0 Å². The van der Waals surface area contributed by atoms with Gasteiger partial charge in [-0.05, 0) is 32.7 Å². The minimum atomic E-state index is -0.0189. The molecule has 1 aliphatic carbocycles. The van der Waals surface area contributed by atoms with E-state index in [0.29, 0.717) is 6.04 Å². The summed E-state index contributed by atoms with van der Waals surface area (Å²) in [6.45, 7) is 0. The first kappa shape index (κ1) is 10.2. The molecule has 1 saturated carbocycles. The van der Waals surface area contributed by atoms with Gasteiger partial charge in [0.05, 0.1) is 6.10 Å². The lowest BCUT2D eigenvalue weighted by atomic mass is 9.93. The Morgan fingerprint density at radius 3 is 2.10 bits per heavy atom. The lowest BCUT2D eigenvalue weighted by Crippen LogP contribution is -2.31. The van der Waals surface area contributed by atoms with Crippen molar-refractivity contribution in [2.75, 3.05) is 7.05 Å². The fraction of sp³-hybridized carbons (Fsp3) is 1.00. The van der Waals surface area contributed by atoms with E-state index in [1.165, 1.54) is 0 Å². The number of rotatable bonds is 1. The Morgan fingerprint density at radius 2 is 1.70 bits per heavy atom. The van der Waals surface area contributed by atoms with Gasteiger partial charge in [-0.15, -0.1) is 12.4 Å². The summed E-state index contributed by atoms with van der Waals surface area (Å²) in [5, 5.41) is 12.3. The van der Waals surface area contributed by atoms with Gasteiger partial charge in [0.25, 0.3) is 0 Å². The number of aliphatic hydroxyl groups excluding tert-OH is 1. The second kappa shape index (κ2) is 4.94. The number of hydrogen-bond donors (Lipinski definition) is 2. The van der Waals surface area contributed by atoms with Crippen molar-refractivity contribution in [2.45, 2.75) is 37.8 Å². The Hall–Kier alpha value is 0.210. The normalized spacial score (nSPS) is 33.0. The van der Waals surface area contributed by atoms with E-state index >= 15 is 0 Å². The summed E-state index contributed by atoms with van der Waals surface area (Å²) in [6.07, 6.45) is 4.21. The van der Waals surface area contributed by atoms with Crippen LogP contribution in [0.4, 0.5) is 0 Å². The largest absolute Gasteiger partial charge is 0.393 e. The van der Waals surface area contributed by atoms with E-state index in [0.717, 1.165) is 25.7 Å². The van der Waals surface area contributed by atoms with Crippen LogP contribution in [-0.2, 0) is 0 Å². The molecule has 0 amide bonds. The highest BCUT2D eigenvalue weighted by atomic mass is 35.5. The highest BCUT2D eigenvalue weighted by Crippen LogP contribution is 2.17. The van der Waals surface area contributed by atoms with E-state index in [2.05, 4.69) is 5.32 Å². The summed E-state index contributed by atoms with van der Waals surface area (Å²) in [6, 6.07) is 0.661. The molecule has 0 atom stereocenters. The third-order valence-corrected chi connectivity index (χ3v) is 2.10. The van der Waals surface area contributed by atoms with Crippen LogP contribution in [0.25, 0.3) is 0 Å². The van der Waals surface area contributed by atoms with Crippen LogP contribution in [0.15, 0.2) is 0 Å². The number of aliphatic hydroxyl groups is 1. The lowest BCUT2D eigenvalue weighted by molar-refractivity contribution is 0.118. The van der Waals surface area contributed by atoms with Crippen molar-refractivity contribution in [3.8, 4) is 0 Å². The van der Waals surface area contributed by atoms with E-state index in [9.17, 15) is 0 Å². The molecule has 0 aliphatic heterocycles. The van der Waals surface area contributed by atoms with Gasteiger partial charge in [-0.3, -0.25) is 0 Å². The molecule has 3 heteroatoms. The smallest absolute Gasteiger partial charge is 0.0541 e. The fourth-order valence-corrected chi connectivity index (χ4v) is 1.36. The van der Waals surface area contributed by atoms with Crippen LogP contribution < -0.4 is 5.32 Å². The summed E-state index contributed by atoms with van der Waals surface area (Å²) < 4.78 is 0. The summed E-state index contributed by atoms with van der Waals surface area (Å²) in [5.41, 5.74) is 0. The SMILES string of the molecule is CNC1CCC(O)CC1.Cl. The Kier molecular flexibility index (Phi) is 5.04. The first-order valence-electron chi connectivity index (χ1n) is 3.68. The molecule has 0 aromatic heterocycles. The molecule has 0 spiro atoms. The molecule has 0 radical (unpaired) electrons. The number of nitrogens with one attached hydrogen (secondary N) is 1. The summed E-state index contributed by atoms with van der Waals surface area (Å²) in [4.78, 5) is 0. The van der Waals surface area contributed by atoms with Crippen LogP contribution in [0.2, 0.25) is 0 Å². The van der Waals surface area contributed by atoms with E-state index in [-0.39, 0.29) is 18.5 Å². The fourth-order valence-electron chi connectivity index (χ4n) is 1.36. The predicted octanol–water partition coefficient (Wildman–Crippen LogP) is 0.931. The van der Waals surface area contributed by atoms with Crippen LogP contribution in [-0.4, -0.2) is 24.3 Å². The van der Waals surface area contributed by atoms with Gasteiger partial charge in [0.2, 0.25) is 0 Å². The van der Waals surface area contributed by atoms with E-state index in [1.54, 1.807) is 0 Å². The Balaban J connectivity index is 0.000000810. The lowest BCUT2D eigenvalue weighted by Gasteiger charge is -2.24. The van der Waals surface area contributed by atoms with E-state index in [1.807, 2.05) is 7.05 Å². The maximum Gasteiger partial charge on any atom is 0.0541 e. The number of halogens is 1. The van der Waals surface area contributed by atoms with E-state index in [4.69, 9.17) is 5.11 Å². The predicted molar refractivity (Wildman–Crippen MR) is 44.6 cm³/mol.